The molecule has 1 heterocycles. The third kappa shape index (κ3) is 4.80. The van der Waals surface area contributed by atoms with Gasteiger partial charge in [-0.25, -0.2) is 4.79 Å². The van der Waals surface area contributed by atoms with Crippen molar-refractivity contribution in [2.24, 2.45) is 5.73 Å². The second-order valence-corrected chi connectivity index (χ2v) is 6.70. The Bertz CT molecular complexity index is 899. The number of carbonyl (C=O) groups excluding carboxylic acids is 1. The molecule has 1 aromatic carbocycles. The summed E-state index contributed by atoms with van der Waals surface area (Å²) in [5, 5.41) is 29.3. The van der Waals surface area contributed by atoms with E-state index in [2.05, 4.69) is 4.98 Å². The lowest BCUT2D eigenvalue weighted by molar-refractivity contribution is -0.165. The highest BCUT2D eigenvalue weighted by Gasteiger charge is 2.47. The van der Waals surface area contributed by atoms with Gasteiger partial charge in [0.05, 0.1) is 12.5 Å². The number of halogens is 1. The molecule has 160 valence electrons. The summed E-state index contributed by atoms with van der Waals surface area (Å²) in [5.74, 6) is -3.25. The summed E-state index contributed by atoms with van der Waals surface area (Å²) in [5.41, 5.74) is 5.68. The molecule has 2 aromatic rings. The first-order valence-electron chi connectivity index (χ1n) is 8.97. The zero-order chi connectivity index (χ0) is 21.1. The Morgan fingerprint density at radius 2 is 1.90 bits per heavy atom. The highest BCUT2D eigenvalue weighted by Crippen LogP contribution is 2.27. The van der Waals surface area contributed by atoms with Crippen molar-refractivity contribution in [2.75, 3.05) is 6.54 Å². The average Bonchev–Trinajstić information content (AvgIpc) is 3.02. The molecule has 6 N–H and O–H groups in total. The highest BCUT2D eigenvalue weighted by atomic mass is 35.5. The molecule has 2 rings (SSSR count). The SMILES string of the molecule is CCN(C(=O)[C@@H](N)Cc1c[nH]c2ccc(O)cc12)[C@@](CC)(CC(=O)O)C(=O)O.Cl. The predicted molar refractivity (Wildman–Crippen MR) is 109 cm³/mol. The zero-order valence-corrected chi connectivity index (χ0v) is 17.0. The second kappa shape index (κ2) is 9.62. The van der Waals surface area contributed by atoms with Crippen LogP contribution in [0.1, 0.15) is 32.3 Å². The van der Waals surface area contributed by atoms with Crippen LogP contribution < -0.4 is 5.73 Å². The van der Waals surface area contributed by atoms with Crippen molar-refractivity contribution >= 4 is 41.2 Å². The number of hydrogen-bond donors (Lipinski definition) is 5. The first-order chi connectivity index (χ1) is 13.2. The maximum Gasteiger partial charge on any atom is 0.330 e. The molecule has 0 fully saturated rings. The van der Waals surface area contributed by atoms with Gasteiger partial charge in [-0.15, -0.1) is 12.4 Å². The number of likely N-dealkylation sites (N-methyl/N-ethyl adjacent to an activating group) is 1. The van der Waals surface area contributed by atoms with E-state index in [9.17, 15) is 29.7 Å². The van der Waals surface area contributed by atoms with E-state index in [-0.39, 0.29) is 37.5 Å². The van der Waals surface area contributed by atoms with Gasteiger partial charge in [0.25, 0.3) is 0 Å². The van der Waals surface area contributed by atoms with Crippen LogP contribution >= 0.6 is 12.4 Å². The summed E-state index contributed by atoms with van der Waals surface area (Å²) in [7, 11) is 0. The molecule has 0 unspecified atom stereocenters. The lowest BCUT2D eigenvalue weighted by Gasteiger charge is -2.39. The molecule has 2 atom stereocenters. The van der Waals surface area contributed by atoms with Crippen molar-refractivity contribution in [3.05, 3.63) is 30.0 Å². The number of carboxylic acid groups (broad SMARTS) is 2. The first-order valence-corrected chi connectivity index (χ1v) is 8.97. The van der Waals surface area contributed by atoms with Gasteiger partial charge in [-0.3, -0.25) is 9.59 Å². The molecule has 9 nitrogen and oxygen atoms in total. The number of nitrogens with zero attached hydrogens (tertiary/aromatic N) is 1. The fourth-order valence-corrected chi connectivity index (χ4v) is 3.53. The van der Waals surface area contributed by atoms with Gasteiger partial charge in [0.1, 0.15) is 5.75 Å². The van der Waals surface area contributed by atoms with Crippen LogP contribution in [-0.2, 0) is 20.8 Å². The zero-order valence-electron chi connectivity index (χ0n) is 16.2. The number of phenolic OH excluding ortho intramolecular Hbond substituents is 1. The lowest BCUT2D eigenvalue weighted by Crippen LogP contribution is -2.61. The summed E-state index contributed by atoms with van der Waals surface area (Å²) in [6, 6.07) is 3.70. The number of aromatic amines is 1. The number of H-pyrrole nitrogens is 1. The number of nitrogens with two attached hydrogens (primary N) is 1. The minimum Gasteiger partial charge on any atom is -0.508 e. The topological polar surface area (TPSA) is 157 Å². The summed E-state index contributed by atoms with van der Waals surface area (Å²) >= 11 is 0. The molecule has 0 saturated heterocycles. The maximum absolute atomic E-state index is 13.0. The van der Waals surface area contributed by atoms with Crippen molar-refractivity contribution < 1.29 is 29.7 Å². The van der Waals surface area contributed by atoms with Crippen LogP contribution in [0.5, 0.6) is 5.75 Å². The van der Waals surface area contributed by atoms with Crippen LogP contribution in [0.25, 0.3) is 10.9 Å². The normalized spacial score (nSPS) is 13.9. The van der Waals surface area contributed by atoms with Crippen molar-refractivity contribution in [1.82, 2.24) is 9.88 Å². The van der Waals surface area contributed by atoms with Crippen LogP contribution in [-0.4, -0.2) is 61.2 Å². The number of benzene rings is 1. The number of hydrogen-bond acceptors (Lipinski definition) is 5. The number of carboxylic acids is 2. The molecule has 0 saturated carbocycles. The number of amides is 1. The predicted octanol–water partition coefficient (Wildman–Crippen LogP) is 1.72. The van der Waals surface area contributed by atoms with E-state index in [0.29, 0.717) is 10.9 Å². The molecule has 1 aromatic heterocycles. The summed E-state index contributed by atoms with van der Waals surface area (Å²) < 4.78 is 0. The number of fused-ring (bicyclic) bond motifs is 1. The Balaban J connectivity index is 0.00000420. The molecule has 1 amide bonds. The molecule has 0 aliphatic rings. The van der Waals surface area contributed by atoms with Crippen molar-refractivity contribution in [3.8, 4) is 5.75 Å². The van der Waals surface area contributed by atoms with Gasteiger partial charge in [0.2, 0.25) is 5.91 Å². The molecule has 0 aliphatic heterocycles. The van der Waals surface area contributed by atoms with Gasteiger partial charge in [0, 0.05) is 23.6 Å². The summed E-state index contributed by atoms with van der Waals surface area (Å²) in [4.78, 5) is 40.2. The van der Waals surface area contributed by atoms with Crippen molar-refractivity contribution in [1.29, 1.82) is 0 Å². The highest BCUT2D eigenvalue weighted by molar-refractivity contribution is 5.93. The second-order valence-electron chi connectivity index (χ2n) is 6.70. The number of rotatable bonds is 9. The van der Waals surface area contributed by atoms with E-state index in [1.165, 1.54) is 13.0 Å². The van der Waals surface area contributed by atoms with Gasteiger partial charge >= 0.3 is 11.9 Å². The number of nitrogens with one attached hydrogen (secondary N) is 1. The Kier molecular flexibility index (Phi) is 8.05. The average molecular weight is 428 g/mol. The van der Waals surface area contributed by atoms with Gasteiger partial charge in [-0.05, 0) is 43.5 Å². The Labute approximate surface area is 173 Å². The van der Waals surface area contributed by atoms with Crippen LogP contribution in [0.3, 0.4) is 0 Å². The van der Waals surface area contributed by atoms with Crippen molar-refractivity contribution in [2.45, 2.75) is 44.7 Å². The Morgan fingerprint density at radius 3 is 2.41 bits per heavy atom. The van der Waals surface area contributed by atoms with Crippen LogP contribution in [0.4, 0.5) is 0 Å². The van der Waals surface area contributed by atoms with E-state index in [1.807, 2.05) is 0 Å². The van der Waals surface area contributed by atoms with E-state index in [0.717, 1.165) is 10.4 Å². The number of carbonyl (C=O) groups is 3. The minimum atomic E-state index is -1.87. The summed E-state index contributed by atoms with van der Waals surface area (Å²) in [6.45, 7) is 3.12. The van der Waals surface area contributed by atoms with E-state index in [1.54, 1.807) is 25.3 Å². The standard InChI is InChI=1S/C19H25N3O6.ClH/c1-3-19(18(27)28,9-16(24)25)22(4-2)17(26)14(20)7-11-10-21-15-6-5-12(23)8-13(11)15;/h5-6,8,10,14,21,23H,3-4,7,9,20H2,1-2H3,(H,24,25)(H,27,28);1H/t14-,19-;/m0./s1. The number of aromatic nitrogens is 1. The Morgan fingerprint density at radius 1 is 1.24 bits per heavy atom. The van der Waals surface area contributed by atoms with E-state index < -0.39 is 35.8 Å². The molecular formula is C19H26ClN3O6. The van der Waals surface area contributed by atoms with E-state index in [4.69, 9.17) is 5.73 Å². The molecular weight excluding hydrogens is 402 g/mol. The number of aromatic hydroxyl groups is 1. The van der Waals surface area contributed by atoms with Gasteiger partial charge in [0.15, 0.2) is 5.54 Å². The van der Waals surface area contributed by atoms with Crippen LogP contribution in [0.15, 0.2) is 24.4 Å². The van der Waals surface area contributed by atoms with E-state index >= 15 is 0 Å². The molecule has 0 radical (unpaired) electrons. The van der Waals surface area contributed by atoms with Gasteiger partial charge < -0.3 is 30.9 Å². The van der Waals surface area contributed by atoms with Crippen molar-refractivity contribution in [3.63, 3.8) is 0 Å². The maximum atomic E-state index is 13.0. The number of phenols is 1. The largest absolute Gasteiger partial charge is 0.508 e. The quantitative estimate of drug-likeness (QED) is 0.407. The van der Waals surface area contributed by atoms with Gasteiger partial charge in [-0.2, -0.15) is 0 Å². The molecule has 29 heavy (non-hydrogen) atoms. The number of aliphatic carboxylic acids is 2. The van der Waals surface area contributed by atoms with Gasteiger partial charge in [-0.1, -0.05) is 6.92 Å². The molecule has 0 spiro atoms. The van der Waals surface area contributed by atoms with Crippen LogP contribution in [0, 0.1) is 0 Å². The fraction of sp³-hybridized carbons (Fsp3) is 0.421. The third-order valence-corrected chi connectivity index (χ3v) is 5.03. The third-order valence-electron chi connectivity index (χ3n) is 5.03. The fourth-order valence-electron chi connectivity index (χ4n) is 3.53. The minimum absolute atomic E-state index is 0. The molecule has 0 bridgehead atoms. The smallest absolute Gasteiger partial charge is 0.330 e. The monoisotopic (exact) mass is 427 g/mol. The first kappa shape index (κ1) is 24.3. The van der Waals surface area contributed by atoms with Crippen LogP contribution in [0.2, 0.25) is 0 Å². The Hall–Kier alpha value is -2.78. The lowest BCUT2D eigenvalue weighted by atomic mass is 9.88. The summed E-state index contributed by atoms with van der Waals surface area (Å²) in [6.07, 6.45) is 0.994. The molecule has 0 aliphatic carbocycles. The molecule has 10 heteroatoms.